The first kappa shape index (κ1) is 16.6. The van der Waals surface area contributed by atoms with Crippen molar-refractivity contribution in [1.82, 2.24) is 9.78 Å². The molecular weight excluding hydrogens is 241 g/mol. The number of hydrogen-bond acceptors (Lipinski definition) is 3. The molecule has 0 aromatic carbocycles. The minimum absolute atomic E-state index is 0. The average Bonchev–Trinajstić information content (AvgIpc) is 2.47. The van der Waals surface area contributed by atoms with Gasteiger partial charge in [-0.05, 0) is 18.4 Å². The van der Waals surface area contributed by atoms with Crippen LogP contribution in [-0.2, 0) is 18.3 Å². The van der Waals surface area contributed by atoms with Crippen molar-refractivity contribution in [3.8, 4) is 0 Å². The van der Waals surface area contributed by atoms with E-state index in [9.17, 15) is 4.79 Å². The molecule has 1 aromatic rings. The van der Waals surface area contributed by atoms with Gasteiger partial charge in [-0.25, -0.2) is 0 Å². The zero-order valence-corrected chi connectivity index (χ0v) is 9.92. The Morgan fingerprint density at radius 1 is 1.67 bits per heavy atom. The first-order valence-corrected chi connectivity index (χ1v) is 4.05. The van der Waals surface area contributed by atoms with Crippen LogP contribution in [-0.4, -0.2) is 26.9 Å². The number of nitrogens with zero attached hydrogens (tertiary/aromatic N) is 2. The molecule has 0 spiro atoms. The first-order valence-electron chi connectivity index (χ1n) is 4.05. The number of carboxylic acid groups (broad SMARTS) is 1. The van der Waals surface area contributed by atoms with E-state index in [0.717, 1.165) is 5.56 Å². The molecule has 1 atom stereocenters. The van der Waals surface area contributed by atoms with Crippen molar-refractivity contribution in [2.75, 3.05) is 0 Å². The summed E-state index contributed by atoms with van der Waals surface area (Å²) in [4.78, 5) is 10.4. The lowest BCUT2D eigenvalue weighted by Crippen LogP contribution is -2.30. The molecule has 7 heteroatoms. The van der Waals surface area contributed by atoms with Gasteiger partial charge in [0.05, 0.1) is 6.20 Å². The Hall–Kier alpha value is -0.780. The molecule has 88 valence electrons. The topological polar surface area (TPSA) is 81.1 Å². The number of nitrogens with two attached hydrogens (primary N) is 1. The molecule has 1 heterocycles. The molecule has 1 unspecified atom stereocenters. The zero-order valence-electron chi connectivity index (χ0n) is 8.29. The van der Waals surface area contributed by atoms with E-state index >= 15 is 0 Å². The predicted octanol–water partition coefficient (Wildman–Crippen LogP) is 0.608. The molecule has 0 aliphatic heterocycles. The van der Waals surface area contributed by atoms with Gasteiger partial charge in [0.15, 0.2) is 0 Å². The van der Waals surface area contributed by atoms with Crippen molar-refractivity contribution in [2.45, 2.75) is 18.9 Å². The van der Waals surface area contributed by atoms with Gasteiger partial charge in [-0.15, -0.1) is 24.8 Å². The Labute approximate surface area is 100 Å². The molecule has 0 amide bonds. The number of hydrogen-bond donors (Lipinski definition) is 2. The fourth-order valence-electron chi connectivity index (χ4n) is 1.05. The van der Waals surface area contributed by atoms with Gasteiger partial charge in [0.2, 0.25) is 0 Å². The van der Waals surface area contributed by atoms with E-state index in [1.54, 1.807) is 10.9 Å². The van der Waals surface area contributed by atoms with Crippen molar-refractivity contribution in [3.63, 3.8) is 0 Å². The average molecular weight is 256 g/mol. The van der Waals surface area contributed by atoms with Crippen molar-refractivity contribution < 1.29 is 9.90 Å². The maximum absolute atomic E-state index is 10.4. The second kappa shape index (κ2) is 7.50. The lowest BCUT2D eigenvalue weighted by atomic mass is 10.1. The van der Waals surface area contributed by atoms with E-state index in [1.165, 1.54) is 0 Å². The normalized spacial score (nSPS) is 11.1. The van der Waals surface area contributed by atoms with Crippen molar-refractivity contribution >= 4 is 30.8 Å². The third kappa shape index (κ3) is 5.61. The third-order valence-corrected chi connectivity index (χ3v) is 1.82. The Kier molecular flexibility index (Phi) is 8.33. The van der Waals surface area contributed by atoms with Gasteiger partial charge in [-0.3, -0.25) is 9.48 Å². The summed E-state index contributed by atoms with van der Waals surface area (Å²) in [7, 11) is 1.82. The number of aliphatic carboxylic acids is 1. The quantitative estimate of drug-likeness (QED) is 0.826. The van der Waals surface area contributed by atoms with E-state index in [-0.39, 0.29) is 24.8 Å². The maximum atomic E-state index is 10.4. The third-order valence-electron chi connectivity index (χ3n) is 1.82. The molecule has 15 heavy (non-hydrogen) atoms. The summed E-state index contributed by atoms with van der Waals surface area (Å²) in [6.07, 6.45) is 4.67. The molecule has 0 saturated carbocycles. The lowest BCUT2D eigenvalue weighted by molar-refractivity contribution is -0.138. The maximum Gasteiger partial charge on any atom is 0.320 e. The summed E-state index contributed by atoms with van der Waals surface area (Å²) >= 11 is 0. The molecule has 0 radical (unpaired) electrons. The molecule has 1 aromatic heterocycles. The SMILES string of the molecule is Cl.Cl.Cn1cc(CCC(N)C(=O)O)cn1. The fraction of sp³-hybridized carbons (Fsp3) is 0.500. The molecule has 1 rings (SSSR count). The van der Waals surface area contributed by atoms with Gasteiger partial charge in [0.1, 0.15) is 6.04 Å². The van der Waals surface area contributed by atoms with Gasteiger partial charge < -0.3 is 10.8 Å². The number of aryl methyl sites for hydroxylation is 2. The van der Waals surface area contributed by atoms with Gasteiger partial charge in [-0.2, -0.15) is 5.10 Å². The number of rotatable bonds is 4. The van der Waals surface area contributed by atoms with Crippen LogP contribution in [0.4, 0.5) is 0 Å². The second-order valence-electron chi connectivity index (χ2n) is 3.01. The minimum atomic E-state index is -0.955. The predicted molar refractivity (Wildman–Crippen MR) is 61.6 cm³/mol. The summed E-state index contributed by atoms with van der Waals surface area (Å²) in [6, 6.07) is -0.778. The summed E-state index contributed by atoms with van der Waals surface area (Å²) in [5.74, 6) is -0.955. The number of halogens is 2. The molecule has 0 bridgehead atoms. The zero-order chi connectivity index (χ0) is 9.84. The number of carbonyl (C=O) groups is 1. The van der Waals surface area contributed by atoms with Gasteiger partial charge in [-0.1, -0.05) is 0 Å². The highest BCUT2D eigenvalue weighted by molar-refractivity contribution is 5.85. The van der Waals surface area contributed by atoms with Gasteiger partial charge in [0.25, 0.3) is 0 Å². The Balaban J connectivity index is 0. The van der Waals surface area contributed by atoms with E-state index < -0.39 is 12.0 Å². The number of carboxylic acids is 1. The summed E-state index contributed by atoms with van der Waals surface area (Å²) in [5.41, 5.74) is 6.36. The van der Waals surface area contributed by atoms with E-state index in [2.05, 4.69) is 5.10 Å². The van der Waals surface area contributed by atoms with Crippen LogP contribution in [0.5, 0.6) is 0 Å². The van der Waals surface area contributed by atoms with Crippen molar-refractivity contribution in [3.05, 3.63) is 18.0 Å². The van der Waals surface area contributed by atoms with Gasteiger partial charge in [0, 0.05) is 13.2 Å². The summed E-state index contributed by atoms with van der Waals surface area (Å²) < 4.78 is 1.68. The molecular formula is C8H15Cl2N3O2. The first-order chi connectivity index (χ1) is 6.09. The van der Waals surface area contributed by atoms with Crippen LogP contribution in [0.1, 0.15) is 12.0 Å². The Morgan fingerprint density at radius 3 is 2.67 bits per heavy atom. The van der Waals surface area contributed by atoms with Crippen molar-refractivity contribution in [2.24, 2.45) is 12.8 Å². The van der Waals surface area contributed by atoms with E-state index in [1.807, 2.05) is 13.2 Å². The number of aromatic nitrogens is 2. The van der Waals surface area contributed by atoms with Crippen LogP contribution in [0.15, 0.2) is 12.4 Å². The second-order valence-corrected chi connectivity index (χ2v) is 3.01. The highest BCUT2D eigenvalue weighted by atomic mass is 35.5. The largest absolute Gasteiger partial charge is 0.480 e. The lowest BCUT2D eigenvalue weighted by Gasteiger charge is -2.03. The Bertz CT molecular complexity index is 304. The van der Waals surface area contributed by atoms with E-state index in [4.69, 9.17) is 10.8 Å². The van der Waals surface area contributed by atoms with Crippen LogP contribution in [0.3, 0.4) is 0 Å². The molecule has 0 aliphatic carbocycles. The molecule has 5 nitrogen and oxygen atoms in total. The monoisotopic (exact) mass is 255 g/mol. The minimum Gasteiger partial charge on any atom is -0.480 e. The van der Waals surface area contributed by atoms with Crippen LogP contribution in [0.2, 0.25) is 0 Å². The van der Waals surface area contributed by atoms with Crippen LogP contribution >= 0.6 is 24.8 Å². The van der Waals surface area contributed by atoms with Crippen LogP contribution in [0, 0.1) is 0 Å². The highest BCUT2D eigenvalue weighted by Gasteiger charge is 2.11. The Morgan fingerprint density at radius 2 is 2.27 bits per heavy atom. The molecule has 0 fully saturated rings. The van der Waals surface area contributed by atoms with Gasteiger partial charge >= 0.3 is 5.97 Å². The smallest absolute Gasteiger partial charge is 0.320 e. The molecule has 0 saturated heterocycles. The fourth-order valence-corrected chi connectivity index (χ4v) is 1.05. The van der Waals surface area contributed by atoms with Crippen LogP contribution < -0.4 is 5.73 Å². The highest BCUT2D eigenvalue weighted by Crippen LogP contribution is 2.02. The standard InChI is InChI=1S/C8H13N3O2.2ClH/c1-11-5-6(4-10-11)2-3-7(9)8(12)13;;/h4-5,7H,2-3,9H2,1H3,(H,12,13);2*1H. The van der Waals surface area contributed by atoms with Crippen molar-refractivity contribution in [1.29, 1.82) is 0 Å². The van der Waals surface area contributed by atoms with Crippen LogP contribution in [0.25, 0.3) is 0 Å². The molecule has 0 aliphatic rings. The van der Waals surface area contributed by atoms with E-state index in [0.29, 0.717) is 12.8 Å². The summed E-state index contributed by atoms with van der Waals surface area (Å²) in [5, 5.41) is 12.5. The summed E-state index contributed by atoms with van der Waals surface area (Å²) in [6.45, 7) is 0. The molecule has 3 N–H and O–H groups in total.